The molecule has 0 unspecified atom stereocenters. The Kier molecular flexibility index (Phi) is 12.0. The smallest absolute Gasteiger partial charge is 0.355 e. The van der Waals surface area contributed by atoms with Crippen molar-refractivity contribution in [3.8, 4) is 33.4 Å². The Labute approximate surface area is 378 Å². The van der Waals surface area contributed by atoms with Gasteiger partial charge in [-0.3, -0.25) is 4.79 Å². The summed E-state index contributed by atoms with van der Waals surface area (Å²) >= 11 is 0. The highest BCUT2D eigenvalue weighted by molar-refractivity contribution is 6.12. The molecule has 0 fully saturated rings. The van der Waals surface area contributed by atoms with E-state index in [0.29, 0.717) is 23.1 Å². The second kappa shape index (κ2) is 17.5. The van der Waals surface area contributed by atoms with Gasteiger partial charge in [0.05, 0.1) is 65.0 Å². The number of esters is 2. The number of rotatable bonds is 7. The lowest BCUT2D eigenvalue weighted by Crippen LogP contribution is -2.31. The zero-order valence-electron chi connectivity index (χ0n) is 34.7. The van der Waals surface area contributed by atoms with Crippen molar-refractivity contribution in [2.75, 3.05) is 21.3 Å². The number of aromatic nitrogens is 4. The molecule has 360 valence electrons. The largest absolute Gasteiger partial charge is 0.466 e. The predicted molar refractivity (Wildman–Crippen MR) is 215 cm³/mol. The number of benzene rings is 3. The summed E-state index contributed by atoms with van der Waals surface area (Å²) in [5, 5.41) is 0. The van der Waals surface area contributed by atoms with Gasteiger partial charge in [-0.2, -0.15) is 0 Å². The van der Waals surface area contributed by atoms with E-state index in [4.69, 9.17) is 0 Å². The number of nitrogens with one attached hydrogen (secondary N) is 3. The van der Waals surface area contributed by atoms with Crippen molar-refractivity contribution >= 4 is 63.1 Å². The molecule has 70 heavy (non-hydrogen) atoms. The summed E-state index contributed by atoms with van der Waals surface area (Å²) in [6.45, 7) is 0. The maximum Gasteiger partial charge on any atom is 0.355 e. The van der Waals surface area contributed by atoms with Crippen LogP contribution < -0.4 is 0 Å². The first-order chi connectivity index (χ1) is 33.0. The standard InChI is InChI=1S/C45H20F15N5O5/c1-65(20(45(68)70-3)11-21(66)69-2)44(67)12-10-19-13-4-5-14(61-13)22(25-28(46)34(52)40(58)35(53)29(25)47)15-6-7-16(62-15)23(26-30(48)36(54)41(59)37(55)31(26)49)17-8-9-18(63-17)24(43(12)64-19)27-32(50)38(56)42(60)39(57)33(27)51/h4-11,62-64H,1-3H3/b19-13?,20-11-,22-14?,22-15?,23-16?,23-17?,24-18?,43-24?. The summed E-state index contributed by atoms with van der Waals surface area (Å²) < 4.78 is 239. The van der Waals surface area contributed by atoms with Gasteiger partial charge in [0.25, 0.3) is 5.91 Å². The molecule has 1 amide bonds. The van der Waals surface area contributed by atoms with Crippen LogP contribution >= 0.6 is 0 Å². The number of carbonyl (C=O) groups is 3. The first kappa shape index (κ1) is 48.0. The summed E-state index contributed by atoms with van der Waals surface area (Å²) in [6, 6.07) is 3.69. The molecule has 1 aliphatic heterocycles. The topological polar surface area (TPSA) is 133 Å². The number of fused-ring (bicyclic) bond motifs is 9. The lowest BCUT2D eigenvalue weighted by molar-refractivity contribution is -0.139. The molecule has 1 aliphatic rings. The van der Waals surface area contributed by atoms with E-state index in [9.17, 15) is 36.3 Å². The average Bonchev–Trinajstić information content (AvgIpc) is 4.21. The summed E-state index contributed by atoms with van der Waals surface area (Å²) in [4.78, 5) is 51.6. The molecule has 8 bridgehead atoms. The lowest BCUT2D eigenvalue weighted by atomic mass is 10.0. The normalized spacial score (nSPS) is 12.1. The number of H-pyrrole nitrogens is 3. The van der Waals surface area contributed by atoms with Crippen molar-refractivity contribution < 1.29 is 89.7 Å². The van der Waals surface area contributed by atoms with Crippen LogP contribution in [0.2, 0.25) is 0 Å². The molecule has 5 heterocycles. The van der Waals surface area contributed by atoms with E-state index in [1.807, 2.05) is 0 Å². The van der Waals surface area contributed by atoms with Crippen LogP contribution in [0.4, 0.5) is 65.9 Å². The Morgan fingerprint density at radius 2 is 0.843 bits per heavy atom. The maximum atomic E-state index is 16.2. The van der Waals surface area contributed by atoms with Crippen LogP contribution in [-0.4, -0.2) is 63.9 Å². The molecule has 0 radical (unpaired) electrons. The molecule has 7 aromatic rings. The number of halogens is 15. The van der Waals surface area contributed by atoms with Crippen LogP contribution in [-0.2, 0) is 19.1 Å². The number of carbonyl (C=O) groups excluding carboxylic acids is 3. The minimum atomic E-state index is -2.69. The number of ether oxygens (including phenoxy) is 2. The van der Waals surface area contributed by atoms with Crippen molar-refractivity contribution in [1.82, 2.24) is 24.8 Å². The average molecular weight is 996 g/mol. The van der Waals surface area contributed by atoms with E-state index < -0.39 is 194 Å². The Hall–Kier alpha value is -8.51. The molecular formula is C45H20F15N5O5. The lowest BCUT2D eigenvalue weighted by Gasteiger charge is -2.19. The van der Waals surface area contributed by atoms with Gasteiger partial charge in [0.15, 0.2) is 69.8 Å². The van der Waals surface area contributed by atoms with Gasteiger partial charge >= 0.3 is 11.9 Å². The third-order valence-electron chi connectivity index (χ3n) is 10.8. The van der Waals surface area contributed by atoms with E-state index in [1.54, 1.807) is 0 Å². The number of aromatic amines is 3. The van der Waals surface area contributed by atoms with Crippen LogP contribution in [0.5, 0.6) is 0 Å². The molecule has 4 aromatic heterocycles. The minimum absolute atomic E-state index is 0.379. The zero-order valence-corrected chi connectivity index (χ0v) is 34.7. The van der Waals surface area contributed by atoms with Crippen molar-refractivity contribution in [2.24, 2.45) is 0 Å². The Balaban J connectivity index is 1.68. The second-order valence-corrected chi connectivity index (χ2v) is 14.6. The molecule has 3 aromatic carbocycles. The van der Waals surface area contributed by atoms with Crippen molar-refractivity contribution in [3.05, 3.63) is 146 Å². The highest BCUT2D eigenvalue weighted by atomic mass is 19.2. The summed E-state index contributed by atoms with van der Waals surface area (Å²) in [5.41, 5.74) is -16.8. The van der Waals surface area contributed by atoms with Gasteiger partial charge in [-0.1, -0.05) is 0 Å². The highest BCUT2D eigenvalue weighted by Crippen LogP contribution is 2.43. The quantitative estimate of drug-likeness (QED) is 0.0479. The van der Waals surface area contributed by atoms with E-state index in [1.165, 1.54) is 0 Å². The molecule has 0 saturated heterocycles. The summed E-state index contributed by atoms with van der Waals surface area (Å²) in [5.74, 6) is -42.8. The van der Waals surface area contributed by atoms with Gasteiger partial charge in [-0.05, 0) is 42.5 Å². The third kappa shape index (κ3) is 7.34. The van der Waals surface area contributed by atoms with Crippen molar-refractivity contribution in [2.45, 2.75) is 0 Å². The van der Waals surface area contributed by atoms with Crippen LogP contribution in [0, 0.1) is 87.3 Å². The number of methoxy groups -OCH3 is 2. The van der Waals surface area contributed by atoms with Crippen LogP contribution in [0.25, 0.3) is 78.6 Å². The summed E-state index contributed by atoms with van der Waals surface area (Å²) in [6.07, 6.45) is 2.24. The molecule has 0 atom stereocenters. The maximum absolute atomic E-state index is 16.2. The fourth-order valence-corrected chi connectivity index (χ4v) is 7.52. The third-order valence-corrected chi connectivity index (χ3v) is 10.8. The molecule has 25 heteroatoms. The monoisotopic (exact) mass is 995 g/mol. The van der Waals surface area contributed by atoms with Gasteiger partial charge in [-0.25, -0.2) is 80.4 Å². The molecule has 8 rings (SSSR count). The van der Waals surface area contributed by atoms with E-state index in [2.05, 4.69) is 29.4 Å². The molecule has 3 N–H and O–H groups in total. The van der Waals surface area contributed by atoms with Crippen LogP contribution in [0.1, 0.15) is 21.7 Å². The fourth-order valence-electron chi connectivity index (χ4n) is 7.52. The van der Waals surface area contributed by atoms with Crippen LogP contribution in [0.15, 0.2) is 42.1 Å². The first-order valence-corrected chi connectivity index (χ1v) is 19.2. The van der Waals surface area contributed by atoms with E-state index in [-0.39, 0.29) is 0 Å². The fraction of sp³-hybridized carbons (Fsp3) is 0.0667. The molecule has 0 saturated carbocycles. The molecular weight excluding hydrogens is 975 g/mol. The van der Waals surface area contributed by atoms with Gasteiger partial charge < -0.3 is 29.3 Å². The van der Waals surface area contributed by atoms with E-state index in [0.717, 1.165) is 51.6 Å². The molecule has 0 spiro atoms. The van der Waals surface area contributed by atoms with E-state index >= 15 is 43.9 Å². The van der Waals surface area contributed by atoms with Gasteiger partial charge in [0.1, 0.15) is 5.70 Å². The number of hydrogen-bond acceptors (Lipinski definition) is 6. The Morgan fingerprint density at radius 1 is 0.471 bits per heavy atom. The Morgan fingerprint density at radius 3 is 1.27 bits per heavy atom. The van der Waals surface area contributed by atoms with Crippen molar-refractivity contribution in [3.63, 3.8) is 0 Å². The summed E-state index contributed by atoms with van der Waals surface area (Å²) in [7, 11) is 2.49. The number of amides is 1. The second-order valence-electron chi connectivity index (χ2n) is 14.6. The van der Waals surface area contributed by atoms with Gasteiger partial charge in [-0.15, -0.1) is 0 Å². The number of likely N-dealkylation sites (N-methyl/N-ethyl adjacent to an activating group) is 1. The highest BCUT2D eigenvalue weighted by Gasteiger charge is 2.34. The molecule has 0 aliphatic carbocycles. The zero-order chi connectivity index (χ0) is 51.1. The first-order valence-electron chi connectivity index (χ1n) is 19.2. The van der Waals surface area contributed by atoms with Crippen molar-refractivity contribution in [1.29, 1.82) is 0 Å². The number of hydrogen-bond donors (Lipinski definition) is 3. The van der Waals surface area contributed by atoms with Gasteiger partial charge in [0.2, 0.25) is 17.5 Å². The molecule has 10 nitrogen and oxygen atoms in total. The minimum Gasteiger partial charge on any atom is -0.466 e. The Bertz CT molecular complexity index is 3600. The predicted octanol–water partition coefficient (Wildman–Crippen LogP) is 11.1. The number of nitrogens with zero attached hydrogens (tertiary/aromatic N) is 2. The SMILES string of the molecule is COC(=O)/C=C(/C(=O)OC)N(C)C(=O)c1cc2[nH]c1c(-c1c(F)c(F)c(F)c(F)c1F)c1ccc([nH]1)c(-c1c(F)c(F)c(F)c(F)c1F)c1ccc([nH]1)c(-c1c(F)c(F)c(F)c(F)c1F)c1nc2C=C1. The van der Waals surface area contributed by atoms with Gasteiger partial charge in [0, 0.05) is 45.8 Å². The van der Waals surface area contributed by atoms with Crippen LogP contribution in [0.3, 0.4) is 0 Å².